The third kappa shape index (κ3) is 6.56. The van der Waals surface area contributed by atoms with Gasteiger partial charge in [0, 0.05) is 16.7 Å². The molecule has 0 fully saturated rings. The first-order valence-corrected chi connectivity index (χ1v) is 16.5. The highest BCUT2D eigenvalue weighted by Gasteiger charge is 2.14. The Bertz CT molecular complexity index is 2260. The standard InChI is InChI=1S/C46H33N3/c1-32-21-23-35(24-22-32)38-15-8-16-39(29-38)36-25-27-37(28-26-36)44-47-45(42-19-9-17-40(30-42)33-11-4-2-5-12-33)49-46(48-44)43-20-10-18-41(31-43)34-13-6-3-7-14-34/h2-31H,1H3. The van der Waals surface area contributed by atoms with E-state index in [1.54, 1.807) is 0 Å². The molecule has 1 aromatic heterocycles. The molecule has 0 unspecified atom stereocenters. The zero-order chi connectivity index (χ0) is 33.0. The molecule has 7 aromatic carbocycles. The van der Waals surface area contributed by atoms with Crippen molar-refractivity contribution >= 4 is 0 Å². The predicted molar refractivity (Wildman–Crippen MR) is 203 cm³/mol. The second-order valence-electron chi connectivity index (χ2n) is 12.2. The van der Waals surface area contributed by atoms with Crippen LogP contribution in [-0.2, 0) is 0 Å². The monoisotopic (exact) mass is 627 g/mol. The van der Waals surface area contributed by atoms with E-state index in [2.05, 4.69) is 177 Å². The van der Waals surface area contributed by atoms with Crippen LogP contribution >= 0.6 is 0 Å². The Labute approximate surface area is 287 Å². The number of aryl methyl sites for hydroxylation is 1. The van der Waals surface area contributed by atoms with E-state index in [1.807, 2.05) is 12.1 Å². The lowest BCUT2D eigenvalue weighted by atomic mass is 9.98. The summed E-state index contributed by atoms with van der Waals surface area (Å²) >= 11 is 0. The lowest BCUT2D eigenvalue weighted by Gasteiger charge is -2.11. The summed E-state index contributed by atoms with van der Waals surface area (Å²) in [6, 6.07) is 63.5. The largest absolute Gasteiger partial charge is 0.208 e. The predicted octanol–water partition coefficient (Wildman–Crippen LogP) is 11.8. The molecule has 3 nitrogen and oxygen atoms in total. The second kappa shape index (κ2) is 13.3. The number of rotatable bonds is 7. The highest BCUT2D eigenvalue weighted by atomic mass is 15.0. The molecule has 0 aliphatic carbocycles. The number of aromatic nitrogens is 3. The molecule has 3 heteroatoms. The Morgan fingerprint density at radius 1 is 0.245 bits per heavy atom. The summed E-state index contributed by atoms with van der Waals surface area (Å²) in [5, 5.41) is 0. The van der Waals surface area contributed by atoms with E-state index in [0.29, 0.717) is 17.5 Å². The third-order valence-corrected chi connectivity index (χ3v) is 8.82. The van der Waals surface area contributed by atoms with Crippen LogP contribution < -0.4 is 0 Å². The minimum Gasteiger partial charge on any atom is -0.208 e. The normalized spacial score (nSPS) is 11.0. The van der Waals surface area contributed by atoms with Gasteiger partial charge in [-0.15, -0.1) is 0 Å². The van der Waals surface area contributed by atoms with Crippen LogP contribution in [0.1, 0.15) is 5.56 Å². The van der Waals surface area contributed by atoms with Crippen LogP contribution in [0.15, 0.2) is 182 Å². The lowest BCUT2D eigenvalue weighted by molar-refractivity contribution is 1.07. The van der Waals surface area contributed by atoms with Crippen molar-refractivity contribution in [3.63, 3.8) is 0 Å². The van der Waals surface area contributed by atoms with Gasteiger partial charge < -0.3 is 0 Å². The summed E-state index contributed by atoms with van der Waals surface area (Å²) in [6.45, 7) is 2.11. The quantitative estimate of drug-likeness (QED) is 0.176. The van der Waals surface area contributed by atoms with Gasteiger partial charge in [0.05, 0.1) is 0 Å². The molecule has 0 N–H and O–H groups in total. The van der Waals surface area contributed by atoms with Crippen LogP contribution in [-0.4, -0.2) is 15.0 Å². The molecular weight excluding hydrogens is 595 g/mol. The van der Waals surface area contributed by atoms with Gasteiger partial charge in [-0.25, -0.2) is 15.0 Å². The molecule has 0 radical (unpaired) electrons. The van der Waals surface area contributed by atoms with Crippen LogP contribution in [0.25, 0.3) is 78.7 Å². The van der Waals surface area contributed by atoms with Crippen molar-refractivity contribution in [2.45, 2.75) is 6.92 Å². The number of nitrogens with zero attached hydrogens (tertiary/aromatic N) is 3. The maximum Gasteiger partial charge on any atom is 0.164 e. The zero-order valence-electron chi connectivity index (χ0n) is 27.2. The minimum atomic E-state index is 0.634. The van der Waals surface area contributed by atoms with Crippen molar-refractivity contribution in [2.24, 2.45) is 0 Å². The van der Waals surface area contributed by atoms with Gasteiger partial charge in [-0.1, -0.05) is 169 Å². The van der Waals surface area contributed by atoms with Crippen molar-refractivity contribution in [1.29, 1.82) is 0 Å². The Kier molecular flexibility index (Phi) is 8.15. The van der Waals surface area contributed by atoms with E-state index in [0.717, 1.165) is 50.1 Å². The Morgan fingerprint density at radius 2 is 0.531 bits per heavy atom. The van der Waals surface area contributed by atoms with Gasteiger partial charge in [0.1, 0.15) is 0 Å². The molecule has 0 amide bonds. The molecule has 8 rings (SSSR count). The van der Waals surface area contributed by atoms with E-state index in [4.69, 9.17) is 15.0 Å². The maximum absolute atomic E-state index is 5.06. The highest BCUT2D eigenvalue weighted by Crippen LogP contribution is 2.32. The summed E-state index contributed by atoms with van der Waals surface area (Å²) in [5.41, 5.74) is 13.3. The van der Waals surface area contributed by atoms with E-state index in [1.165, 1.54) is 16.7 Å². The van der Waals surface area contributed by atoms with Crippen LogP contribution in [0.3, 0.4) is 0 Å². The van der Waals surface area contributed by atoms with Crippen molar-refractivity contribution < 1.29 is 0 Å². The van der Waals surface area contributed by atoms with Crippen molar-refractivity contribution in [3.8, 4) is 78.7 Å². The molecule has 1 heterocycles. The van der Waals surface area contributed by atoms with Crippen molar-refractivity contribution in [1.82, 2.24) is 15.0 Å². The number of hydrogen-bond acceptors (Lipinski definition) is 3. The second-order valence-corrected chi connectivity index (χ2v) is 12.2. The Morgan fingerprint density at radius 3 is 0.959 bits per heavy atom. The Balaban J connectivity index is 1.20. The van der Waals surface area contributed by atoms with E-state index in [9.17, 15) is 0 Å². The van der Waals surface area contributed by atoms with E-state index >= 15 is 0 Å². The summed E-state index contributed by atoms with van der Waals surface area (Å²) in [5.74, 6) is 1.91. The van der Waals surface area contributed by atoms with Gasteiger partial charge in [0.2, 0.25) is 0 Å². The summed E-state index contributed by atoms with van der Waals surface area (Å²) < 4.78 is 0. The van der Waals surface area contributed by atoms with Gasteiger partial charge in [-0.3, -0.25) is 0 Å². The first-order chi connectivity index (χ1) is 24.2. The highest BCUT2D eigenvalue weighted by molar-refractivity contribution is 5.77. The van der Waals surface area contributed by atoms with Crippen LogP contribution in [0.2, 0.25) is 0 Å². The van der Waals surface area contributed by atoms with Crippen LogP contribution in [0.5, 0.6) is 0 Å². The average molecular weight is 628 g/mol. The summed E-state index contributed by atoms with van der Waals surface area (Å²) in [7, 11) is 0. The Hall–Kier alpha value is -6.45. The topological polar surface area (TPSA) is 38.7 Å². The molecule has 0 aliphatic rings. The molecule has 49 heavy (non-hydrogen) atoms. The van der Waals surface area contributed by atoms with Gasteiger partial charge in [0.15, 0.2) is 17.5 Å². The SMILES string of the molecule is Cc1ccc(-c2cccc(-c3ccc(-c4nc(-c5cccc(-c6ccccc6)c5)nc(-c5cccc(-c6ccccc6)c5)n4)cc3)c2)cc1. The van der Waals surface area contributed by atoms with Gasteiger partial charge >= 0.3 is 0 Å². The van der Waals surface area contributed by atoms with Gasteiger partial charge in [-0.2, -0.15) is 0 Å². The first-order valence-electron chi connectivity index (χ1n) is 16.5. The summed E-state index contributed by atoms with van der Waals surface area (Å²) in [4.78, 5) is 15.2. The van der Waals surface area contributed by atoms with E-state index < -0.39 is 0 Å². The maximum atomic E-state index is 5.06. The van der Waals surface area contributed by atoms with E-state index in [-0.39, 0.29) is 0 Å². The fourth-order valence-corrected chi connectivity index (χ4v) is 6.14. The molecule has 0 saturated carbocycles. The van der Waals surface area contributed by atoms with Crippen LogP contribution in [0, 0.1) is 6.92 Å². The summed E-state index contributed by atoms with van der Waals surface area (Å²) in [6.07, 6.45) is 0. The zero-order valence-corrected chi connectivity index (χ0v) is 27.2. The smallest absolute Gasteiger partial charge is 0.164 e. The third-order valence-electron chi connectivity index (χ3n) is 8.82. The van der Waals surface area contributed by atoms with Crippen LogP contribution in [0.4, 0.5) is 0 Å². The lowest BCUT2D eigenvalue weighted by Crippen LogP contribution is -2.00. The molecule has 0 saturated heterocycles. The molecule has 8 aromatic rings. The number of hydrogen-bond donors (Lipinski definition) is 0. The minimum absolute atomic E-state index is 0.634. The molecule has 232 valence electrons. The van der Waals surface area contributed by atoms with Crippen molar-refractivity contribution in [3.05, 3.63) is 188 Å². The van der Waals surface area contributed by atoms with Gasteiger partial charge in [-0.05, 0) is 69.6 Å². The molecule has 0 aliphatic heterocycles. The molecule has 0 spiro atoms. The number of benzene rings is 7. The fourth-order valence-electron chi connectivity index (χ4n) is 6.14. The molecular formula is C46H33N3. The van der Waals surface area contributed by atoms with Crippen molar-refractivity contribution in [2.75, 3.05) is 0 Å². The van der Waals surface area contributed by atoms with Gasteiger partial charge in [0.25, 0.3) is 0 Å². The average Bonchev–Trinajstić information content (AvgIpc) is 3.19. The molecule has 0 bridgehead atoms. The first kappa shape index (κ1) is 29.9. The fraction of sp³-hybridized carbons (Fsp3) is 0.0217. The molecule has 0 atom stereocenters.